The average molecular weight is 316 g/mol. The summed E-state index contributed by atoms with van der Waals surface area (Å²) in [6.07, 6.45) is 3.22. The number of guanidine groups is 1. The normalized spacial score (nSPS) is 24.8. The first-order valence-electron chi connectivity index (χ1n) is 6.81. The third-order valence-corrected chi connectivity index (χ3v) is 4.35. The lowest BCUT2D eigenvalue weighted by atomic mass is 10.1. The molecule has 1 saturated heterocycles. The maximum absolute atomic E-state index is 11.7. The molecule has 120 valence electrons. The molecular formula is C13H24N4O3S. The minimum atomic E-state index is -3.64. The molecule has 0 aromatic heterocycles. The van der Waals surface area contributed by atoms with Crippen molar-refractivity contribution in [1.82, 2.24) is 4.90 Å². The molecule has 1 aliphatic heterocycles. The predicted octanol–water partition coefficient (Wildman–Crippen LogP) is 0.385. The molecule has 0 bridgehead atoms. The van der Waals surface area contributed by atoms with Crippen molar-refractivity contribution in [3.8, 4) is 0 Å². The molecule has 1 aliphatic rings. The van der Waals surface area contributed by atoms with Crippen LogP contribution in [0.5, 0.6) is 0 Å². The van der Waals surface area contributed by atoms with Crippen LogP contribution in [0.4, 0.5) is 0 Å². The zero-order valence-electron chi connectivity index (χ0n) is 12.8. The number of piperidine rings is 1. The van der Waals surface area contributed by atoms with Gasteiger partial charge in [0.2, 0.25) is 16.0 Å². The van der Waals surface area contributed by atoms with E-state index in [2.05, 4.69) is 16.6 Å². The van der Waals surface area contributed by atoms with Gasteiger partial charge in [-0.05, 0) is 20.3 Å². The predicted molar refractivity (Wildman–Crippen MR) is 85.1 cm³/mol. The minimum absolute atomic E-state index is 0.00905. The van der Waals surface area contributed by atoms with E-state index in [0.717, 1.165) is 0 Å². The number of allylic oxidation sites excluding steroid dienone is 1. The van der Waals surface area contributed by atoms with Gasteiger partial charge in [0.25, 0.3) is 0 Å². The highest BCUT2D eigenvalue weighted by Gasteiger charge is 2.35. The Balaban J connectivity index is 2.97. The molecule has 2 atom stereocenters. The van der Waals surface area contributed by atoms with Crippen molar-refractivity contribution in [2.45, 2.75) is 37.7 Å². The number of nitrogens with two attached hydrogens (primary N) is 1. The van der Waals surface area contributed by atoms with E-state index in [9.17, 15) is 8.42 Å². The van der Waals surface area contributed by atoms with Crippen LogP contribution in [0, 0.1) is 0 Å². The molecule has 8 heteroatoms. The maximum atomic E-state index is 11.7. The van der Waals surface area contributed by atoms with Crippen molar-refractivity contribution < 1.29 is 13.2 Å². The van der Waals surface area contributed by atoms with Crippen LogP contribution in [0.2, 0.25) is 0 Å². The van der Waals surface area contributed by atoms with Crippen molar-refractivity contribution in [3.63, 3.8) is 0 Å². The summed E-state index contributed by atoms with van der Waals surface area (Å²) in [5, 5.41) is 4.61. The number of hydrogen-bond donors (Lipinski definition) is 1. The molecule has 0 aromatic rings. The number of likely N-dealkylation sites (tertiary alicyclic amines) is 1. The molecular weight excluding hydrogens is 292 g/mol. The number of nitrogens with zero attached hydrogens (tertiary/aromatic N) is 3. The van der Waals surface area contributed by atoms with E-state index in [0.29, 0.717) is 18.9 Å². The Kier molecular flexibility index (Phi) is 6.50. The highest BCUT2D eigenvalue weighted by Crippen LogP contribution is 2.20. The van der Waals surface area contributed by atoms with Gasteiger partial charge in [-0.3, -0.25) is 4.99 Å². The van der Waals surface area contributed by atoms with Gasteiger partial charge in [-0.2, -0.15) is 0 Å². The molecule has 1 rings (SSSR count). The van der Waals surface area contributed by atoms with Crippen molar-refractivity contribution in [2.24, 2.45) is 15.1 Å². The second kappa shape index (κ2) is 7.67. The molecule has 0 amide bonds. The first-order valence-corrected chi connectivity index (χ1v) is 8.42. The Labute approximate surface area is 126 Å². The third kappa shape index (κ3) is 5.56. The Morgan fingerprint density at radius 3 is 2.62 bits per heavy atom. The first kappa shape index (κ1) is 17.8. The summed E-state index contributed by atoms with van der Waals surface area (Å²) in [7, 11) is -2.03. The van der Waals surface area contributed by atoms with Gasteiger partial charge in [-0.15, -0.1) is 0 Å². The van der Waals surface area contributed by atoms with E-state index < -0.39 is 15.3 Å². The van der Waals surface area contributed by atoms with Crippen LogP contribution in [-0.4, -0.2) is 63.1 Å². The fourth-order valence-corrected chi connectivity index (χ4v) is 3.16. The lowest BCUT2D eigenvalue weighted by molar-refractivity contribution is -0.0198. The number of aliphatic imine (C=N–C) groups is 2. The van der Waals surface area contributed by atoms with E-state index in [1.807, 2.05) is 13.8 Å². The van der Waals surface area contributed by atoms with Crippen LogP contribution in [0.25, 0.3) is 0 Å². The molecule has 2 N–H and O–H groups in total. The van der Waals surface area contributed by atoms with Crippen LogP contribution < -0.4 is 5.14 Å². The molecule has 7 nitrogen and oxygen atoms in total. The lowest BCUT2D eigenvalue weighted by Crippen LogP contribution is -2.53. The first-order chi connectivity index (χ1) is 9.77. The van der Waals surface area contributed by atoms with Crippen molar-refractivity contribution in [1.29, 1.82) is 0 Å². The summed E-state index contributed by atoms with van der Waals surface area (Å²) in [6, 6.07) is 0. The summed E-state index contributed by atoms with van der Waals surface area (Å²) in [5.41, 5.74) is 0. The standard InChI is InChI=1S/C13H24N4O3S/c1-5-6-16-13(15-4)17-8-11(20-10(2)3)7-12(9-17)21(14,18)19/h5-6,10-12H,1,7-9H2,2-4H3,(H2,14,18,19)/b15-13+,16-6-/t11-,12?/m1/s1. The number of rotatable bonds is 4. The fraction of sp³-hybridized carbons (Fsp3) is 0.692. The van der Waals surface area contributed by atoms with Crippen molar-refractivity contribution in [2.75, 3.05) is 20.1 Å². The van der Waals surface area contributed by atoms with E-state index in [1.165, 1.54) is 12.3 Å². The summed E-state index contributed by atoms with van der Waals surface area (Å²) in [6.45, 7) is 8.18. The summed E-state index contributed by atoms with van der Waals surface area (Å²) in [5.74, 6) is 0.445. The molecule has 0 aliphatic carbocycles. The average Bonchev–Trinajstić information content (AvgIpc) is 2.37. The molecule has 0 saturated carbocycles. The topological polar surface area (TPSA) is 97.4 Å². The van der Waals surface area contributed by atoms with E-state index >= 15 is 0 Å². The molecule has 0 aromatic carbocycles. The van der Waals surface area contributed by atoms with E-state index in [1.54, 1.807) is 11.9 Å². The zero-order chi connectivity index (χ0) is 16.0. The Morgan fingerprint density at radius 2 is 2.14 bits per heavy atom. The molecule has 21 heavy (non-hydrogen) atoms. The minimum Gasteiger partial charge on any atom is -0.374 e. The maximum Gasteiger partial charge on any atom is 0.220 e. The van der Waals surface area contributed by atoms with E-state index in [4.69, 9.17) is 9.88 Å². The zero-order valence-corrected chi connectivity index (χ0v) is 13.6. The number of primary sulfonamides is 1. The van der Waals surface area contributed by atoms with Crippen molar-refractivity contribution in [3.05, 3.63) is 12.7 Å². The lowest BCUT2D eigenvalue weighted by Gasteiger charge is -2.37. The highest BCUT2D eigenvalue weighted by atomic mass is 32.2. The number of sulfonamides is 1. The largest absolute Gasteiger partial charge is 0.374 e. The van der Waals surface area contributed by atoms with Gasteiger partial charge in [-0.25, -0.2) is 18.5 Å². The Morgan fingerprint density at radius 1 is 1.48 bits per heavy atom. The quantitative estimate of drug-likeness (QED) is 0.599. The van der Waals surface area contributed by atoms with Gasteiger partial charge in [0.15, 0.2) is 0 Å². The van der Waals surface area contributed by atoms with Gasteiger partial charge in [-0.1, -0.05) is 12.7 Å². The van der Waals surface area contributed by atoms with Gasteiger partial charge in [0.05, 0.1) is 17.5 Å². The van der Waals surface area contributed by atoms with Crippen LogP contribution in [0.1, 0.15) is 20.3 Å². The fourth-order valence-electron chi connectivity index (χ4n) is 2.29. The summed E-state index contributed by atoms with van der Waals surface area (Å²) < 4.78 is 29.1. The molecule has 0 radical (unpaired) electrons. The van der Waals surface area contributed by atoms with Crippen LogP contribution in [0.15, 0.2) is 22.6 Å². The summed E-state index contributed by atoms with van der Waals surface area (Å²) >= 11 is 0. The van der Waals surface area contributed by atoms with Crippen molar-refractivity contribution >= 4 is 22.2 Å². The summed E-state index contributed by atoms with van der Waals surface area (Å²) in [4.78, 5) is 10.0. The molecule has 1 fully saturated rings. The second-order valence-corrected chi connectivity index (χ2v) is 7.04. The van der Waals surface area contributed by atoms with E-state index in [-0.39, 0.29) is 18.8 Å². The Bertz CT molecular complexity index is 514. The molecule has 1 heterocycles. The monoisotopic (exact) mass is 316 g/mol. The Hall–Kier alpha value is -1.25. The van der Waals surface area contributed by atoms with Gasteiger partial charge in [0, 0.05) is 26.4 Å². The third-order valence-electron chi connectivity index (χ3n) is 3.08. The van der Waals surface area contributed by atoms with Gasteiger partial charge in [0.1, 0.15) is 0 Å². The smallest absolute Gasteiger partial charge is 0.220 e. The van der Waals surface area contributed by atoms with Crippen LogP contribution in [0.3, 0.4) is 0 Å². The SMILES string of the molecule is C=C/C=N\C(=N/C)N1CC(S(N)(=O)=O)C[C@@H](OC(C)C)C1. The van der Waals surface area contributed by atoms with Gasteiger partial charge < -0.3 is 9.64 Å². The van der Waals surface area contributed by atoms with Gasteiger partial charge >= 0.3 is 0 Å². The molecule has 1 unspecified atom stereocenters. The number of ether oxygens (including phenoxy) is 1. The second-order valence-electron chi connectivity index (χ2n) is 5.20. The number of hydrogen-bond acceptors (Lipinski definition) is 4. The molecule has 0 spiro atoms. The van der Waals surface area contributed by atoms with Crippen LogP contribution in [-0.2, 0) is 14.8 Å². The van der Waals surface area contributed by atoms with Crippen LogP contribution >= 0.6 is 0 Å². The highest BCUT2D eigenvalue weighted by molar-refractivity contribution is 7.89.